The molecular formula is C16H14ClNO3. The summed E-state index contributed by atoms with van der Waals surface area (Å²) in [5.74, 6) is -0.356. The van der Waals surface area contributed by atoms with Crippen LogP contribution in [0, 0.1) is 0 Å². The minimum atomic E-state index is -0.278. The Morgan fingerprint density at radius 2 is 2.14 bits per heavy atom. The van der Waals surface area contributed by atoms with Gasteiger partial charge in [-0.05, 0) is 43.7 Å². The summed E-state index contributed by atoms with van der Waals surface area (Å²) >= 11 is 5.96. The molecule has 5 heteroatoms. The second kappa shape index (κ2) is 5.37. The van der Waals surface area contributed by atoms with Crippen molar-refractivity contribution in [2.75, 3.05) is 6.61 Å². The zero-order valence-electron chi connectivity index (χ0n) is 11.6. The molecule has 3 rings (SSSR count). The number of hydrogen-bond donors (Lipinski definition) is 0. The Kier molecular flexibility index (Phi) is 3.55. The molecule has 0 fully saturated rings. The lowest BCUT2D eigenvalue weighted by Crippen LogP contribution is -2.11. The highest BCUT2D eigenvalue weighted by molar-refractivity contribution is 6.31. The number of allylic oxidation sites excluding steroid dienone is 1. The standard InChI is InChI=1S/C16H14ClNO3/c1-2-21-15(19)6-3-10-8-13-9-11-7-12(17)4-5-14(11)18(13)16(10)20/h4-5,7-9H,2-3,6H2,1H3. The lowest BCUT2D eigenvalue weighted by molar-refractivity contribution is -0.143. The SMILES string of the molecule is CCOC(=O)CCC1=Cc2cc3cc(Cl)ccc3n2C1=O. The first-order valence-electron chi connectivity index (χ1n) is 6.82. The van der Waals surface area contributed by atoms with Gasteiger partial charge in [-0.15, -0.1) is 0 Å². The van der Waals surface area contributed by atoms with Gasteiger partial charge in [0.05, 0.1) is 17.8 Å². The first-order chi connectivity index (χ1) is 10.1. The molecular weight excluding hydrogens is 290 g/mol. The largest absolute Gasteiger partial charge is 0.466 e. The first kappa shape index (κ1) is 13.9. The maximum Gasteiger partial charge on any atom is 0.306 e. The third-order valence-electron chi connectivity index (χ3n) is 3.50. The number of ether oxygens (including phenoxy) is 1. The third-order valence-corrected chi connectivity index (χ3v) is 3.73. The number of hydrogen-bond acceptors (Lipinski definition) is 3. The van der Waals surface area contributed by atoms with E-state index < -0.39 is 0 Å². The molecule has 1 aromatic carbocycles. The molecule has 108 valence electrons. The fourth-order valence-electron chi connectivity index (χ4n) is 2.57. The van der Waals surface area contributed by atoms with E-state index >= 15 is 0 Å². The van der Waals surface area contributed by atoms with Crippen LogP contribution < -0.4 is 0 Å². The van der Waals surface area contributed by atoms with E-state index in [4.69, 9.17) is 16.3 Å². The molecule has 0 saturated carbocycles. The van der Waals surface area contributed by atoms with Crippen molar-refractivity contribution in [3.63, 3.8) is 0 Å². The van der Waals surface area contributed by atoms with E-state index in [2.05, 4.69) is 0 Å². The average molecular weight is 304 g/mol. The van der Waals surface area contributed by atoms with Crippen LogP contribution in [0.25, 0.3) is 17.0 Å². The molecule has 0 aliphatic carbocycles. The van der Waals surface area contributed by atoms with E-state index in [0.717, 1.165) is 16.6 Å². The Hall–Kier alpha value is -2.07. The molecule has 0 saturated heterocycles. The normalized spacial score (nSPS) is 13.4. The number of rotatable bonds is 4. The van der Waals surface area contributed by atoms with Gasteiger partial charge in [0.1, 0.15) is 0 Å². The maximum atomic E-state index is 12.4. The molecule has 0 amide bonds. The van der Waals surface area contributed by atoms with Crippen molar-refractivity contribution in [3.05, 3.63) is 40.6 Å². The topological polar surface area (TPSA) is 48.3 Å². The number of carbonyl (C=O) groups excluding carboxylic acids is 2. The summed E-state index contributed by atoms with van der Waals surface area (Å²) in [6, 6.07) is 7.36. The summed E-state index contributed by atoms with van der Waals surface area (Å²) in [7, 11) is 0. The molecule has 2 aromatic rings. The van der Waals surface area contributed by atoms with Crippen LogP contribution in [0.3, 0.4) is 0 Å². The van der Waals surface area contributed by atoms with Gasteiger partial charge in [0.25, 0.3) is 5.91 Å². The molecule has 1 aromatic heterocycles. The number of fused-ring (bicyclic) bond motifs is 3. The summed E-state index contributed by atoms with van der Waals surface area (Å²) in [6.45, 7) is 2.12. The Bertz CT molecular complexity index is 773. The zero-order chi connectivity index (χ0) is 15.0. The quantitative estimate of drug-likeness (QED) is 0.810. The smallest absolute Gasteiger partial charge is 0.306 e. The van der Waals surface area contributed by atoms with Gasteiger partial charge in [0, 0.05) is 22.4 Å². The molecule has 0 radical (unpaired) electrons. The van der Waals surface area contributed by atoms with Crippen LogP contribution in [-0.2, 0) is 9.53 Å². The third kappa shape index (κ3) is 2.47. The molecule has 0 N–H and O–H groups in total. The van der Waals surface area contributed by atoms with Crippen molar-refractivity contribution in [1.82, 2.24) is 4.57 Å². The molecule has 0 atom stereocenters. The summed E-state index contributed by atoms with van der Waals surface area (Å²) in [4.78, 5) is 23.8. The van der Waals surface area contributed by atoms with Crippen LogP contribution in [0.2, 0.25) is 5.02 Å². The van der Waals surface area contributed by atoms with Crippen molar-refractivity contribution >= 4 is 40.5 Å². The fraction of sp³-hybridized carbons (Fsp3) is 0.250. The molecule has 4 nitrogen and oxygen atoms in total. The lowest BCUT2D eigenvalue weighted by Gasteiger charge is -2.04. The number of benzene rings is 1. The Morgan fingerprint density at radius 3 is 2.90 bits per heavy atom. The predicted octanol–water partition coefficient (Wildman–Crippen LogP) is 3.68. The van der Waals surface area contributed by atoms with Crippen LogP contribution in [0.4, 0.5) is 0 Å². The Morgan fingerprint density at radius 1 is 1.33 bits per heavy atom. The van der Waals surface area contributed by atoms with Crippen LogP contribution in [0.15, 0.2) is 29.8 Å². The molecule has 0 unspecified atom stereocenters. The Labute approximate surface area is 126 Å². The van der Waals surface area contributed by atoms with Gasteiger partial charge in [-0.1, -0.05) is 11.6 Å². The number of esters is 1. The van der Waals surface area contributed by atoms with Gasteiger partial charge in [-0.25, -0.2) is 0 Å². The summed E-state index contributed by atoms with van der Waals surface area (Å²) < 4.78 is 6.54. The molecule has 0 spiro atoms. The highest BCUT2D eigenvalue weighted by Gasteiger charge is 2.24. The monoisotopic (exact) mass is 303 g/mol. The minimum absolute atomic E-state index is 0.0772. The van der Waals surface area contributed by atoms with Gasteiger partial charge >= 0.3 is 5.97 Å². The fourth-order valence-corrected chi connectivity index (χ4v) is 2.75. The highest BCUT2D eigenvalue weighted by Crippen LogP contribution is 2.31. The maximum absolute atomic E-state index is 12.4. The molecule has 1 aliphatic heterocycles. The van der Waals surface area contributed by atoms with Crippen LogP contribution >= 0.6 is 11.6 Å². The number of carbonyl (C=O) groups is 2. The molecule has 2 heterocycles. The van der Waals surface area contributed by atoms with Crippen molar-refractivity contribution in [1.29, 1.82) is 0 Å². The van der Waals surface area contributed by atoms with Gasteiger partial charge in [0.2, 0.25) is 0 Å². The first-order valence-corrected chi connectivity index (χ1v) is 7.20. The van der Waals surface area contributed by atoms with Crippen molar-refractivity contribution in [2.45, 2.75) is 19.8 Å². The van der Waals surface area contributed by atoms with Crippen LogP contribution in [-0.4, -0.2) is 23.1 Å². The van der Waals surface area contributed by atoms with Gasteiger partial charge in [0.15, 0.2) is 0 Å². The number of aromatic nitrogens is 1. The summed E-state index contributed by atoms with van der Waals surface area (Å²) in [6.07, 6.45) is 2.45. The summed E-state index contributed by atoms with van der Waals surface area (Å²) in [5, 5.41) is 1.58. The van der Waals surface area contributed by atoms with Crippen molar-refractivity contribution < 1.29 is 14.3 Å². The van der Waals surface area contributed by atoms with Crippen molar-refractivity contribution in [3.8, 4) is 0 Å². The zero-order valence-corrected chi connectivity index (χ0v) is 12.3. The van der Waals surface area contributed by atoms with Gasteiger partial charge in [-0.3, -0.25) is 14.2 Å². The van der Waals surface area contributed by atoms with Crippen LogP contribution in [0.5, 0.6) is 0 Å². The number of halogens is 1. The van der Waals surface area contributed by atoms with Crippen LogP contribution in [0.1, 0.15) is 30.3 Å². The second-order valence-electron chi connectivity index (χ2n) is 4.89. The second-order valence-corrected chi connectivity index (χ2v) is 5.32. The highest BCUT2D eigenvalue weighted by atomic mass is 35.5. The van der Waals surface area contributed by atoms with E-state index in [1.54, 1.807) is 17.6 Å². The summed E-state index contributed by atoms with van der Waals surface area (Å²) in [5.41, 5.74) is 2.30. The van der Waals surface area contributed by atoms with E-state index in [1.165, 1.54) is 0 Å². The van der Waals surface area contributed by atoms with E-state index in [0.29, 0.717) is 23.6 Å². The van der Waals surface area contributed by atoms with Gasteiger partial charge in [-0.2, -0.15) is 0 Å². The predicted molar refractivity (Wildman–Crippen MR) is 81.4 cm³/mol. The molecule has 1 aliphatic rings. The molecule has 21 heavy (non-hydrogen) atoms. The minimum Gasteiger partial charge on any atom is -0.466 e. The lowest BCUT2D eigenvalue weighted by atomic mass is 10.1. The van der Waals surface area contributed by atoms with E-state index in [-0.39, 0.29) is 18.3 Å². The Balaban J connectivity index is 1.85. The molecule has 0 bridgehead atoms. The van der Waals surface area contributed by atoms with Gasteiger partial charge < -0.3 is 4.74 Å². The number of nitrogens with zero attached hydrogens (tertiary/aromatic N) is 1. The van der Waals surface area contributed by atoms with E-state index in [9.17, 15) is 9.59 Å². The van der Waals surface area contributed by atoms with E-state index in [1.807, 2.05) is 24.3 Å². The van der Waals surface area contributed by atoms with Crippen molar-refractivity contribution in [2.24, 2.45) is 0 Å². The average Bonchev–Trinajstić information content (AvgIpc) is 2.93.